The van der Waals surface area contributed by atoms with Crippen molar-refractivity contribution in [3.05, 3.63) is 63.6 Å². The Kier molecular flexibility index (Phi) is 6.74. The molecule has 0 radical (unpaired) electrons. The molecule has 116 valence electrons. The maximum absolute atomic E-state index is 11.8. The van der Waals surface area contributed by atoms with Crippen LogP contribution in [0.2, 0.25) is 5.02 Å². The number of hydrogen-bond donors (Lipinski definition) is 2. The van der Waals surface area contributed by atoms with Crippen LogP contribution < -0.4 is 10.6 Å². The second-order valence-corrected chi connectivity index (χ2v) is 6.17. The van der Waals surface area contributed by atoms with Crippen LogP contribution in [0.5, 0.6) is 0 Å². The average Bonchev–Trinajstić information content (AvgIpc) is 2.51. The monoisotopic (exact) mass is 380 g/mol. The molecule has 1 amide bonds. The molecule has 0 saturated carbocycles. The fourth-order valence-electron chi connectivity index (χ4n) is 2.00. The molecule has 2 N–H and O–H groups in total. The van der Waals surface area contributed by atoms with Gasteiger partial charge in [-0.25, -0.2) is 0 Å². The van der Waals surface area contributed by atoms with E-state index in [2.05, 4.69) is 26.6 Å². The van der Waals surface area contributed by atoms with E-state index in [0.717, 1.165) is 27.2 Å². The highest BCUT2D eigenvalue weighted by Gasteiger charge is 2.02. The molecule has 0 aromatic heterocycles. The summed E-state index contributed by atoms with van der Waals surface area (Å²) in [6.45, 7) is 1.24. The molecule has 2 rings (SSSR count). The van der Waals surface area contributed by atoms with Crippen LogP contribution in [0, 0.1) is 0 Å². The van der Waals surface area contributed by atoms with Crippen LogP contribution in [0.4, 0.5) is 5.69 Å². The van der Waals surface area contributed by atoms with Crippen LogP contribution in [0.3, 0.4) is 0 Å². The van der Waals surface area contributed by atoms with Gasteiger partial charge >= 0.3 is 0 Å². The van der Waals surface area contributed by atoms with Crippen molar-refractivity contribution >= 4 is 39.1 Å². The highest BCUT2D eigenvalue weighted by Crippen LogP contribution is 2.20. The molecular weight excluding hydrogens is 364 g/mol. The Hall–Kier alpha value is -1.52. The first kappa shape index (κ1) is 16.8. The summed E-state index contributed by atoms with van der Waals surface area (Å²) in [4.78, 5) is 11.8. The Morgan fingerprint density at radius 1 is 1.05 bits per heavy atom. The first-order chi connectivity index (χ1) is 10.6. The number of rotatable bonds is 7. The molecule has 0 bridgehead atoms. The van der Waals surface area contributed by atoms with E-state index in [1.54, 1.807) is 0 Å². The third-order valence-electron chi connectivity index (χ3n) is 3.19. The van der Waals surface area contributed by atoms with Gasteiger partial charge in [-0.15, -0.1) is 0 Å². The average molecular weight is 382 g/mol. The highest BCUT2D eigenvalue weighted by atomic mass is 79.9. The Labute approximate surface area is 144 Å². The van der Waals surface area contributed by atoms with E-state index in [1.165, 1.54) is 0 Å². The van der Waals surface area contributed by atoms with E-state index >= 15 is 0 Å². The molecule has 0 aliphatic carbocycles. The second kappa shape index (κ2) is 8.81. The summed E-state index contributed by atoms with van der Waals surface area (Å²) in [6, 6.07) is 15.5. The highest BCUT2D eigenvalue weighted by molar-refractivity contribution is 9.10. The molecule has 0 spiro atoms. The number of carbonyl (C=O) groups excluding carboxylic acids is 1. The van der Waals surface area contributed by atoms with Crippen LogP contribution >= 0.6 is 27.5 Å². The van der Waals surface area contributed by atoms with Gasteiger partial charge in [0.2, 0.25) is 5.91 Å². The number of anilines is 1. The number of para-hydroxylation sites is 1. The molecule has 2 aromatic carbocycles. The van der Waals surface area contributed by atoms with Gasteiger partial charge in [-0.3, -0.25) is 4.79 Å². The van der Waals surface area contributed by atoms with Gasteiger partial charge < -0.3 is 10.6 Å². The molecule has 2 aromatic rings. The number of halogens is 2. The molecule has 5 heteroatoms. The van der Waals surface area contributed by atoms with Crippen molar-refractivity contribution in [3.8, 4) is 0 Å². The zero-order chi connectivity index (χ0) is 15.8. The minimum atomic E-state index is 0.0496. The van der Waals surface area contributed by atoms with Crippen molar-refractivity contribution in [2.24, 2.45) is 0 Å². The summed E-state index contributed by atoms with van der Waals surface area (Å²) in [5.74, 6) is 0.0496. The lowest BCUT2D eigenvalue weighted by Gasteiger charge is -2.09. The van der Waals surface area contributed by atoms with Gasteiger partial charge in [0.15, 0.2) is 0 Å². The predicted molar refractivity (Wildman–Crippen MR) is 95.4 cm³/mol. The number of hydrogen-bond acceptors (Lipinski definition) is 2. The van der Waals surface area contributed by atoms with Gasteiger partial charge in [0.25, 0.3) is 0 Å². The van der Waals surface area contributed by atoms with Crippen molar-refractivity contribution < 1.29 is 4.79 Å². The number of carbonyl (C=O) groups is 1. The van der Waals surface area contributed by atoms with E-state index in [9.17, 15) is 4.79 Å². The van der Waals surface area contributed by atoms with Crippen molar-refractivity contribution in [1.82, 2.24) is 5.32 Å². The van der Waals surface area contributed by atoms with Gasteiger partial charge in [0, 0.05) is 34.7 Å². The minimum absolute atomic E-state index is 0.0496. The van der Waals surface area contributed by atoms with E-state index in [-0.39, 0.29) is 5.91 Å². The summed E-state index contributed by atoms with van der Waals surface area (Å²) in [5.41, 5.74) is 2.16. The fraction of sp³-hybridized carbons (Fsp3) is 0.235. The number of nitrogens with one attached hydrogen (secondary N) is 2. The van der Waals surface area contributed by atoms with E-state index in [0.29, 0.717) is 19.5 Å². The van der Waals surface area contributed by atoms with Gasteiger partial charge in [-0.05, 0) is 52.2 Å². The van der Waals surface area contributed by atoms with Crippen LogP contribution in [0.1, 0.15) is 12.0 Å². The predicted octanol–water partition coefficient (Wildman–Crippen LogP) is 4.26. The van der Waals surface area contributed by atoms with Crippen LogP contribution in [-0.2, 0) is 11.2 Å². The first-order valence-corrected chi connectivity index (χ1v) is 8.32. The maximum Gasteiger partial charge on any atom is 0.221 e. The molecular formula is C17H18BrClN2O. The summed E-state index contributed by atoms with van der Waals surface area (Å²) < 4.78 is 0.998. The normalized spacial score (nSPS) is 10.3. The first-order valence-electron chi connectivity index (χ1n) is 7.15. The zero-order valence-electron chi connectivity index (χ0n) is 12.1. The smallest absolute Gasteiger partial charge is 0.221 e. The SMILES string of the molecule is O=C(CCNc1ccccc1Br)NCCc1ccc(Cl)cc1. The molecule has 0 saturated heterocycles. The molecule has 0 heterocycles. The Bertz CT molecular complexity index is 616. The van der Waals surface area contributed by atoms with Crippen molar-refractivity contribution in [2.45, 2.75) is 12.8 Å². The third kappa shape index (κ3) is 5.70. The molecule has 0 aliphatic rings. The maximum atomic E-state index is 11.8. The minimum Gasteiger partial charge on any atom is -0.384 e. The van der Waals surface area contributed by atoms with Gasteiger partial charge in [-0.2, -0.15) is 0 Å². The molecule has 22 heavy (non-hydrogen) atoms. The quantitative estimate of drug-likeness (QED) is 0.752. The van der Waals surface area contributed by atoms with E-state index < -0.39 is 0 Å². The molecule has 0 atom stereocenters. The van der Waals surface area contributed by atoms with Crippen LogP contribution in [0.25, 0.3) is 0 Å². The largest absolute Gasteiger partial charge is 0.384 e. The lowest BCUT2D eigenvalue weighted by Crippen LogP contribution is -2.27. The summed E-state index contributed by atoms with van der Waals surface area (Å²) >= 11 is 9.30. The lowest BCUT2D eigenvalue weighted by atomic mass is 10.1. The summed E-state index contributed by atoms with van der Waals surface area (Å²) in [7, 11) is 0. The Morgan fingerprint density at radius 2 is 1.77 bits per heavy atom. The molecule has 0 aliphatic heterocycles. The summed E-state index contributed by atoms with van der Waals surface area (Å²) in [6.07, 6.45) is 1.25. The van der Waals surface area contributed by atoms with Crippen molar-refractivity contribution in [2.75, 3.05) is 18.4 Å². The van der Waals surface area contributed by atoms with Crippen molar-refractivity contribution in [1.29, 1.82) is 0 Å². The summed E-state index contributed by atoms with van der Waals surface area (Å²) in [5, 5.41) is 6.89. The van der Waals surface area contributed by atoms with E-state index in [4.69, 9.17) is 11.6 Å². The van der Waals surface area contributed by atoms with Crippen LogP contribution in [-0.4, -0.2) is 19.0 Å². The van der Waals surface area contributed by atoms with Crippen LogP contribution in [0.15, 0.2) is 53.0 Å². The third-order valence-corrected chi connectivity index (χ3v) is 4.13. The fourth-order valence-corrected chi connectivity index (χ4v) is 2.55. The lowest BCUT2D eigenvalue weighted by molar-refractivity contribution is -0.120. The van der Waals surface area contributed by atoms with E-state index in [1.807, 2.05) is 48.5 Å². The van der Waals surface area contributed by atoms with Gasteiger partial charge in [0.05, 0.1) is 0 Å². The van der Waals surface area contributed by atoms with Gasteiger partial charge in [-0.1, -0.05) is 35.9 Å². The number of benzene rings is 2. The number of amides is 1. The molecule has 3 nitrogen and oxygen atoms in total. The van der Waals surface area contributed by atoms with Crippen molar-refractivity contribution in [3.63, 3.8) is 0 Å². The topological polar surface area (TPSA) is 41.1 Å². The Balaban J connectivity index is 1.64. The molecule has 0 unspecified atom stereocenters. The second-order valence-electron chi connectivity index (χ2n) is 4.88. The Morgan fingerprint density at radius 3 is 2.50 bits per heavy atom. The molecule has 0 fully saturated rings. The standard InChI is InChI=1S/C17H18BrClN2O/c18-15-3-1-2-4-16(15)20-12-10-17(22)21-11-9-13-5-7-14(19)8-6-13/h1-8,20H,9-12H2,(H,21,22). The van der Waals surface area contributed by atoms with Gasteiger partial charge in [0.1, 0.15) is 0 Å². The zero-order valence-corrected chi connectivity index (χ0v) is 14.5.